The zero-order valence-corrected chi connectivity index (χ0v) is 11.0. The third-order valence-electron chi connectivity index (χ3n) is 3.88. The van der Waals surface area contributed by atoms with Gasteiger partial charge in [0.15, 0.2) is 12.4 Å². The number of nitrogens with zero attached hydrogens (tertiary/aromatic N) is 2. The number of alkyl halides is 1. The van der Waals surface area contributed by atoms with Gasteiger partial charge in [-0.3, -0.25) is 4.57 Å². The molecule has 0 aliphatic carbocycles. The molecule has 1 aliphatic rings. The van der Waals surface area contributed by atoms with Crippen LogP contribution in [-0.4, -0.2) is 21.3 Å². The Labute approximate surface area is 110 Å². The van der Waals surface area contributed by atoms with E-state index in [0.717, 1.165) is 4.57 Å². The zero-order chi connectivity index (χ0) is 14.2. The maximum Gasteiger partial charge on any atom is 0.351 e. The van der Waals surface area contributed by atoms with Crippen LogP contribution in [0.5, 0.6) is 0 Å². The first-order valence-corrected chi connectivity index (χ1v) is 6.25. The zero-order valence-electron chi connectivity index (χ0n) is 11.0. The Morgan fingerprint density at radius 3 is 2.89 bits per heavy atom. The second-order valence-electron chi connectivity index (χ2n) is 4.80. The van der Waals surface area contributed by atoms with Crippen LogP contribution in [0, 0.1) is 5.92 Å². The lowest BCUT2D eigenvalue weighted by Crippen LogP contribution is -2.32. The van der Waals surface area contributed by atoms with Gasteiger partial charge in [0.05, 0.1) is 5.60 Å². The van der Waals surface area contributed by atoms with Crippen LogP contribution in [0.2, 0.25) is 0 Å². The molecular weight excluding hydrogens is 249 g/mol. The number of aromatic nitrogens is 2. The van der Waals surface area contributed by atoms with Gasteiger partial charge in [-0.05, 0) is 12.5 Å². The molecule has 19 heavy (non-hydrogen) atoms. The van der Waals surface area contributed by atoms with Crippen molar-refractivity contribution >= 4 is 5.82 Å². The highest BCUT2D eigenvalue weighted by Crippen LogP contribution is 2.45. The molecule has 1 aromatic rings. The number of ether oxygens (including phenoxy) is 1. The molecule has 6 heteroatoms. The van der Waals surface area contributed by atoms with Gasteiger partial charge < -0.3 is 10.5 Å². The van der Waals surface area contributed by atoms with Crippen molar-refractivity contribution in [2.24, 2.45) is 5.92 Å². The third kappa shape index (κ3) is 2.06. The van der Waals surface area contributed by atoms with Gasteiger partial charge in [-0.1, -0.05) is 19.9 Å². The van der Waals surface area contributed by atoms with Crippen LogP contribution in [0.4, 0.5) is 10.2 Å². The quantitative estimate of drug-likeness (QED) is 0.846. The summed E-state index contributed by atoms with van der Waals surface area (Å²) in [7, 11) is 0. The third-order valence-corrected chi connectivity index (χ3v) is 3.88. The van der Waals surface area contributed by atoms with Crippen LogP contribution in [0.1, 0.15) is 26.5 Å². The van der Waals surface area contributed by atoms with E-state index in [0.29, 0.717) is 6.42 Å². The van der Waals surface area contributed by atoms with Gasteiger partial charge in [0, 0.05) is 12.1 Å². The van der Waals surface area contributed by atoms with E-state index in [4.69, 9.17) is 10.5 Å². The fourth-order valence-corrected chi connectivity index (χ4v) is 2.53. The highest BCUT2D eigenvalue weighted by atomic mass is 19.1. The molecule has 0 spiro atoms. The summed E-state index contributed by atoms with van der Waals surface area (Å²) in [5.41, 5.74) is 4.04. The fourth-order valence-electron chi connectivity index (χ4n) is 2.53. The first kappa shape index (κ1) is 13.7. The summed E-state index contributed by atoms with van der Waals surface area (Å²) in [4.78, 5) is 15.4. The summed E-state index contributed by atoms with van der Waals surface area (Å²) in [5, 5.41) is 0. The summed E-state index contributed by atoms with van der Waals surface area (Å²) in [6, 6.07) is 1.45. The maximum absolute atomic E-state index is 14.4. The molecule has 0 radical (unpaired) electrons. The van der Waals surface area contributed by atoms with Crippen molar-refractivity contribution in [2.45, 2.75) is 38.3 Å². The first-order valence-electron chi connectivity index (χ1n) is 6.25. The molecule has 1 aliphatic heterocycles. The molecule has 1 saturated heterocycles. The van der Waals surface area contributed by atoms with Crippen LogP contribution in [0.25, 0.3) is 0 Å². The smallest absolute Gasteiger partial charge is 0.351 e. The van der Waals surface area contributed by atoms with Crippen LogP contribution in [0.15, 0.2) is 29.7 Å². The molecule has 2 N–H and O–H groups in total. The number of halogens is 1. The summed E-state index contributed by atoms with van der Waals surface area (Å²) < 4.78 is 21.3. The predicted octanol–water partition coefficient (Wildman–Crippen LogP) is 1.66. The number of anilines is 1. The minimum Gasteiger partial charge on any atom is -0.383 e. The number of hydrogen-bond acceptors (Lipinski definition) is 4. The number of rotatable bonds is 3. The fraction of sp³-hybridized carbons (Fsp3) is 0.538. The normalized spacial score (nSPS) is 34.4. The Bertz CT molecular complexity index is 545. The molecule has 1 aromatic heterocycles. The minimum absolute atomic E-state index is 0.105. The molecule has 2 rings (SSSR count). The summed E-state index contributed by atoms with van der Waals surface area (Å²) in [5.74, 6) is -0.280. The average Bonchev–Trinajstić information content (AvgIpc) is 2.64. The van der Waals surface area contributed by atoms with E-state index < -0.39 is 23.7 Å². The lowest BCUT2D eigenvalue weighted by atomic mass is 9.85. The Balaban J connectivity index is 2.42. The summed E-state index contributed by atoms with van der Waals surface area (Å²) in [6.45, 7) is 7.38. The van der Waals surface area contributed by atoms with Crippen molar-refractivity contribution in [1.29, 1.82) is 0 Å². The standard InChI is InChI=1S/C13H18FN3O2/c1-4-13(5-2)8(3)10(14)11(19-13)17-7-6-9(15)16-12(17)18/h4,6-8,10-11H,1,5H2,2-3H3,(H2,15,16,18)/t8-,10-,11+,13+/m0/s1. The van der Waals surface area contributed by atoms with Crippen LogP contribution in [0.3, 0.4) is 0 Å². The molecule has 0 saturated carbocycles. The van der Waals surface area contributed by atoms with E-state index in [9.17, 15) is 9.18 Å². The Kier molecular flexibility index (Phi) is 3.45. The first-order chi connectivity index (χ1) is 8.95. The highest BCUT2D eigenvalue weighted by molar-refractivity contribution is 5.23. The van der Waals surface area contributed by atoms with Crippen molar-refractivity contribution in [3.8, 4) is 0 Å². The lowest BCUT2D eigenvalue weighted by Gasteiger charge is -2.27. The second kappa shape index (κ2) is 4.77. The topological polar surface area (TPSA) is 70.1 Å². The summed E-state index contributed by atoms with van der Waals surface area (Å²) >= 11 is 0. The van der Waals surface area contributed by atoms with Crippen LogP contribution in [-0.2, 0) is 4.74 Å². The van der Waals surface area contributed by atoms with E-state index in [1.54, 1.807) is 13.0 Å². The van der Waals surface area contributed by atoms with E-state index in [-0.39, 0.29) is 11.7 Å². The van der Waals surface area contributed by atoms with E-state index >= 15 is 0 Å². The molecule has 104 valence electrons. The number of hydrogen-bond donors (Lipinski definition) is 1. The molecule has 5 nitrogen and oxygen atoms in total. The number of nitrogen functional groups attached to an aromatic ring is 1. The highest BCUT2D eigenvalue weighted by Gasteiger charge is 2.51. The molecule has 0 bridgehead atoms. The van der Waals surface area contributed by atoms with Gasteiger partial charge in [-0.2, -0.15) is 4.98 Å². The SMILES string of the molecule is C=C[C@]1(CC)O[C@@H](n2ccc(N)nc2=O)[C@@H](F)[C@@H]1C. The molecule has 2 heterocycles. The van der Waals surface area contributed by atoms with Gasteiger partial charge in [0.25, 0.3) is 0 Å². The van der Waals surface area contributed by atoms with Gasteiger partial charge in [-0.25, -0.2) is 9.18 Å². The lowest BCUT2D eigenvalue weighted by molar-refractivity contribution is -0.0639. The molecule has 0 unspecified atom stereocenters. The molecule has 4 atom stereocenters. The van der Waals surface area contributed by atoms with Crippen molar-refractivity contribution in [2.75, 3.05) is 5.73 Å². The summed E-state index contributed by atoms with van der Waals surface area (Å²) in [6.07, 6.45) is 1.31. The Morgan fingerprint density at radius 1 is 1.74 bits per heavy atom. The minimum atomic E-state index is -1.30. The van der Waals surface area contributed by atoms with E-state index in [1.165, 1.54) is 12.3 Å². The van der Waals surface area contributed by atoms with Crippen molar-refractivity contribution in [3.05, 3.63) is 35.4 Å². The largest absolute Gasteiger partial charge is 0.383 e. The molecule has 1 fully saturated rings. The second-order valence-corrected chi connectivity index (χ2v) is 4.80. The van der Waals surface area contributed by atoms with Crippen LogP contribution >= 0.6 is 0 Å². The van der Waals surface area contributed by atoms with E-state index in [2.05, 4.69) is 11.6 Å². The molecule has 0 amide bonds. The average molecular weight is 267 g/mol. The predicted molar refractivity (Wildman–Crippen MR) is 70.3 cm³/mol. The Morgan fingerprint density at radius 2 is 2.42 bits per heavy atom. The molecule has 0 aromatic carbocycles. The van der Waals surface area contributed by atoms with E-state index in [1.807, 2.05) is 6.92 Å². The maximum atomic E-state index is 14.4. The van der Waals surface area contributed by atoms with Crippen molar-refractivity contribution < 1.29 is 9.13 Å². The van der Waals surface area contributed by atoms with Gasteiger partial charge in [0.1, 0.15) is 5.82 Å². The van der Waals surface area contributed by atoms with Crippen LogP contribution < -0.4 is 11.4 Å². The Hall–Kier alpha value is -1.69. The van der Waals surface area contributed by atoms with Crippen molar-refractivity contribution in [1.82, 2.24) is 9.55 Å². The van der Waals surface area contributed by atoms with Gasteiger partial charge in [0.2, 0.25) is 0 Å². The monoisotopic (exact) mass is 267 g/mol. The molecular formula is C13H18FN3O2. The van der Waals surface area contributed by atoms with Gasteiger partial charge >= 0.3 is 5.69 Å². The van der Waals surface area contributed by atoms with Gasteiger partial charge in [-0.15, -0.1) is 6.58 Å². The van der Waals surface area contributed by atoms with Crippen molar-refractivity contribution in [3.63, 3.8) is 0 Å². The number of nitrogens with two attached hydrogens (primary N) is 1.